The van der Waals surface area contributed by atoms with Crippen LogP contribution in [-0.4, -0.2) is 18.4 Å². The number of nitrogens with one attached hydrogen (secondary N) is 1. The molecule has 2 aromatic carbocycles. The molecule has 0 heterocycles. The van der Waals surface area contributed by atoms with Crippen molar-refractivity contribution >= 4 is 23.2 Å². The summed E-state index contributed by atoms with van der Waals surface area (Å²) in [5, 5.41) is 11.6. The van der Waals surface area contributed by atoms with Crippen LogP contribution in [0.2, 0.25) is 0 Å². The smallest absolute Gasteiger partial charge is 0.244 e. The molecule has 0 radical (unpaired) electrons. The van der Waals surface area contributed by atoms with Gasteiger partial charge in [0, 0.05) is 18.3 Å². The van der Waals surface area contributed by atoms with Gasteiger partial charge in [0.2, 0.25) is 11.8 Å². The van der Waals surface area contributed by atoms with E-state index in [-0.39, 0.29) is 18.4 Å². The Morgan fingerprint density at radius 3 is 2.57 bits per heavy atom. The molecule has 0 aliphatic rings. The largest absolute Gasteiger partial charge is 0.324 e. The molecule has 5 heteroatoms. The van der Waals surface area contributed by atoms with Gasteiger partial charge in [-0.3, -0.25) is 9.59 Å². The zero-order chi connectivity index (χ0) is 16.8. The molecule has 0 bridgehead atoms. The molecular weight excluding hydrogens is 290 g/mol. The van der Waals surface area contributed by atoms with Crippen LogP contribution >= 0.6 is 0 Å². The summed E-state index contributed by atoms with van der Waals surface area (Å²) >= 11 is 0. The Balaban J connectivity index is 2.12. The predicted molar refractivity (Wildman–Crippen MR) is 89.0 cm³/mol. The van der Waals surface area contributed by atoms with Crippen LogP contribution in [0.5, 0.6) is 0 Å². The third-order valence-electron chi connectivity index (χ3n) is 3.27. The fraction of sp³-hybridized carbons (Fsp3) is 0.167. The molecule has 5 nitrogen and oxygen atoms in total. The van der Waals surface area contributed by atoms with E-state index in [0.717, 1.165) is 5.56 Å². The first-order valence-corrected chi connectivity index (χ1v) is 7.14. The lowest BCUT2D eigenvalue weighted by atomic mass is 10.2. The first-order chi connectivity index (χ1) is 11.0. The minimum absolute atomic E-state index is 0.0877. The first kappa shape index (κ1) is 16.2. The van der Waals surface area contributed by atoms with Crippen LogP contribution in [0.4, 0.5) is 11.4 Å². The summed E-state index contributed by atoms with van der Waals surface area (Å²) < 4.78 is 0. The maximum Gasteiger partial charge on any atom is 0.244 e. The predicted octanol–water partition coefficient (Wildman–Crippen LogP) is 2.86. The molecule has 0 saturated carbocycles. The van der Waals surface area contributed by atoms with Crippen molar-refractivity contribution in [2.24, 2.45) is 0 Å². The Kier molecular flexibility index (Phi) is 5.11. The third kappa shape index (κ3) is 4.42. The average molecular weight is 307 g/mol. The van der Waals surface area contributed by atoms with Crippen LogP contribution < -0.4 is 10.2 Å². The highest BCUT2D eigenvalue weighted by molar-refractivity contribution is 6.01. The van der Waals surface area contributed by atoms with Crippen LogP contribution in [0.1, 0.15) is 18.1 Å². The van der Waals surface area contributed by atoms with Crippen molar-refractivity contribution in [1.29, 1.82) is 5.26 Å². The number of carbonyl (C=O) groups is 2. The standard InChI is InChI=1S/C18H17N3O2/c1-13-5-3-8-17(9-13)21(14(2)22)12-18(23)20-16-7-4-6-15(10-16)11-19/h3-10H,12H2,1-2H3,(H,20,23). The second kappa shape index (κ2) is 7.23. The Morgan fingerprint density at radius 1 is 1.17 bits per heavy atom. The number of nitrogens with zero attached hydrogens (tertiary/aromatic N) is 2. The number of nitriles is 1. The lowest BCUT2D eigenvalue weighted by Crippen LogP contribution is -2.36. The minimum atomic E-state index is -0.322. The van der Waals surface area contributed by atoms with Gasteiger partial charge >= 0.3 is 0 Å². The molecule has 116 valence electrons. The summed E-state index contributed by atoms with van der Waals surface area (Å²) in [4.78, 5) is 25.5. The van der Waals surface area contributed by atoms with E-state index in [2.05, 4.69) is 5.32 Å². The number of anilines is 2. The third-order valence-corrected chi connectivity index (χ3v) is 3.27. The molecule has 1 N–H and O–H groups in total. The van der Waals surface area contributed by atoms with E-state index < -0.39 is 0 Å². The Hall–Kier alpha value is -3.13. The maximum absolute atomic E-state index is 12.2. The number of hydrogen-bond donors (Lipinski definition) is 1. The van der Waals surface area contributed by atoms with Crippen molar-refractivity contribution in [3.05, 3.63) is 59.7 Å². The van der Waals surface area contributed by atoms with Crippen molar-refractivity contribution in [1.82, 2.24) is 0 Å². The van der Waals surface area contributed by atoms with Crippen molar-refractivity contribution in [3.8, 4) is 6.07 Å². The number of benzene rings is 2. The Bertz CT molecular complexity index is 778. The van der Waals surface area contributed by atoms with Crippen LogP contribution in [0, 0.1) is 18.3 Å². The van der Waals surface area contributed by atoms with E-state index in [0.29, 0.717) is 16.9 Å². The topological polar surface area (TPSA) is 73.2 Å². The normalized spacial score (nSPS) is 9.78. The highest BCUT2D eigenvalue weighted by atomic mass is 16.2. The zero-order valence-corrected chi connectivity index (χ0v) is 13.0. The molecule has 23 heavy (non-hydrogen) atoms. The maximum atomic E-state index is 12.2. The molecule has 0 aromatic heterocycles. The zero-order valence-electron chi connectivity index (χ0n) is 13.0. The number of carbonyl (C=O) groups excluding carboxylic acids is 2. The van der Waals surface area contributed by atoms with E-state index in [9.17, 15) is 9.59 Å². The van der Waals surface area contributed by atoms with Gasteiger partial charge in [0.15, 0.2) is 0 Å². The lowest BCUT2D eigenvalue weighted by molar-refractivity contribution is -0.120. The number of hydrogen-bond acceptors (Lipinski definition) is 3. The van der Waals surface area contributed by atoms with E-state index in [1.165, 1.54) is 11.8 Å². The van der Waals surface area contributed by atoms with Crippen LogP contribution in [-0.2, 0) is 9.59 Å². The first-order valence-electron chi connectivity index (χ1n) is 7.14. The van der Waals surface area contributed by atoms with Gasteiger partial charge in [-0.2, -0.15) is 5.26 Å². The van der Waals surface area contributed by atoms with E-state index in [4.69, 9.17) is 5.26 Å². The van der Waals surface area contributed by atoms with Crippen LogP contribution in [0.15, 0.2) is 48.5 Å². The molecule has 0 unspecified atom stereocenters. The van der Waals surface area contributed by atoms with Gasteiger partial charge in [-0.25, -0.2) is 0 Å². The van der Waals surface area contributed by atoms with Gasteiger partial charge < -0.3 is 10.2 Å². The van der Waals surface area contributed by atoms with Gasteiger partial charge in [0.05, 0.1) is 11.6 Å². The van der Waals surface area contributed by atoms with Crippen molar-refractivity contribution in [2.75, 3.05) is 16.8 Å². The summed E-state index contributed by atoms with van der Waals surface area (Å²) in [6, 6.07) is 16.1. The Labute approximate surface area is 135 Å². The summed E-state index contributed by atoms with van der Waals surface area (Å²) in [6.45, 7) is 3.26. The molecule has 0 fully saturated rings. The molecule has 0 atom stereocenters. The molecule has 2 amide bonds. The van der Waals surface area contributed by atoms with E-state index in [1.807, 2.05) is 31.2 Å². The van der Waals surface area contributed by atoms with Crippen molar-refractivity contribution in [2.45, 2.75) is 13.8 Å². The minimum Gasteiger partial charge on any atom is -0.324 e. The summed E-state index contributed by atoms with van der Waals surface area (Å²) in [5.74, 6) is -0.534. The molecule has 0 saturated heterocycles. The number of amides is 2. The summed E-state index contributed by atoms with van der Waals surface area (Å²) in [6.07, 6.45) is 0. The molecule has 0 aliphatic carbocycles. The van der Waals surface area contributed by atoms with Crippen molar-refractivity contribution in [3.63, 3.8) is 0 Å². The second-order valence-corrected chi connectivity index (χ2v) is 5.18. The lowest BCUT2D eigenvalue weighted by Gasteiger charge is -2.21. The van der Waals surface area contributed by atoms with E-state index in [1.54, 1.807) is 30.3 Å². The van der Waals surface area contributed by atoms with Gasteiger partial charge in [0.1, 0.15) is 6.54 Å². The Morgan fingerprint density at radius 2 is 1.91 bits per heavy atom. The monoisotopic (exact) mass is 307 g/mol. The fourth-order valence-corrected chi connectivity index (χ4v) is 2.19. The number of rotatable bonds is 4. The molecule has 2 aromatic rings. The van der Waals surface area contributed by atoms with Gasteiger partial charge in [-0.15, -0.1) is 0 Å². The summed E-state index contributed by atoms with van der Waals surface area (Å²) in [5.41, 5.74) is 2.68. The van der Waals surface area contributed by atoms with Crippen molar-refractivity contribution < 1.29 is 9.59 Å². The SMILES string of the molecule is CC(=O)N(CC(=O)Nc1cccc(C#N)c1)c1cccc(C)c1. The summed E-state index contributed by atoms with van der Waals surface area (Å²) in [7, 11) is 0. The quantitative estimate of drug-likeness (QED) is 0.944. The molecular formula is C18H17N3O2. The van der Waals surface area contributed by atoms with Gasteiger partial charge in [-0.1, -0.05) is 18.2 Å². The average Bonchev–Trinajstić information content (AvgIpc) is 2.52. The molecule has 0 spiro atoms. The molecule has 0 aliphatic heterocycles. The van der Waals surface area contributed by atoms with Crippen LogP contribution in [0.3, 0.4) is 0 Å². The highest BCUT2D eigenvalue weighted by Crippen LogP contribution is 2.16. The number of aryl methyl sites for hydroxylation is 1. The fourth-order valence-electron chi connectivity index (χ4n) is 2.19. The van der Waals surface area contributed by atoms with Gasteiger partial charge in [0.25, 0.3) is 0 Å². The van der Waals surface area contributed by atoms with E-state index >= 15 is 0 Å². The van der Waals surface area contributed by atoms with Gasteiger partial charge in [-0.05, 0) is 42.8 Å². The molecule has 2 rings (SSSR count). The second-order valence-electron chi connectivity index (χ2n) is 5.18. The highest BCUT2D eigenvalue weighted by Gasteiger charge is 2.16. The van der Waals surface area contributed by atoms with Crippen LogP contribution in [0.25, 0.3) is 0 Å².